The first-order valence-electron chi connectivity index (χ1n) is 9.90. The highest BCUT2D eigenvalue weighted by atomic mass is 79.9. The van der Waals surface area contributed by atoms with Gasteiger partial charge in [0.25, 0.3) is 5.91 Å². The third-order valence-electron chi connectivity index (χ3n) is 5.33. The monoisotopic (exact) mass is 462 g/mol. The van der Waals surface area contributed by atoms with Crippen LogP contribution in [-0.4, -0.2) is 32.6 Å². The Kier molecular flexibility index (Phi) is 5.68. The van der Waals surface area contributed by atoms with Gasteiger partial charge in [0.15, 0.2) is 0 Å². The Morgan fingerprint density at radius 3 is 2.60 bits per heavy atom. The quantitative estimate of drug-likeness (QED) is 0.395. The zero-order valence-corrected chi connectivity index (χ0v) is 18.8. The van der Waals surface area contributed by atoms with Gasteiger partial charge in [0.2, 0.25) is 0 Å². The normalized spacial score (nSPS) is 11.1. The van der Waals surface area contributed by atoms with Crippen molar-refractivity contribution in [3.05, 3.63) is 82.1 Å². The van der Waals surface area contributed by atoms with Gasteiger partial charge in [-0.2, -0.15) is 5.10 Å². The van der Waals surface area contributed by atoms with Gasteiger partial charge >= 0.3 is 0 Å². The van der Waals surface area contributed by atoms with Gasteiger partial charge in [0.05, 0.1) is 23.0 Å². The van der Waals surface area contributed by atoms with Crippen molar-refractivity contribution < 1.29 is 4.79 Å². The average Bonchev–Trinajstić information content (AvgIpc) is 3.12. The predicted octanol–water partition coefficient (Wildman–Crippen LogP) is 5.46. The van der Waals surface area contributed by atoms with Gasteiger partial charge in [0, 0.05) is 46.8 Å². The van der Waals surface area contributed by atoms with Crippen molar-refractivity contribution in [2.45, 2.75) is 26.9 Å². The van der Waals surface area contributed by atoms with Crippen molar-refractivity contribution in [3.63, 3.8) is 0 Å². The van der Waals surface area contributed by atoms with E-state index in [1.54, 1.807) is 4.90 Å². The number of hydrogen-bond acceptors (Lipinski definition) is 3. The second kappa shape index (κ2) is 8.40. The van der Waals surface area contributed by atoms with Crippen molar-refractivity contribution in [1.29, 1.82) is 0 Å². The lowest BCUT2D eigenvalue weighted by Gasteiger charge is -2.19. The Labute approximate surface area is 184 Å². The number of benzene rings is 2. The number of carbonyl (C=O) groups is 1. The molecule has 6 heteroatoms. The van der Waals surface area contributed by atoms with Crippen LogP contribution in [0.2, 0.25) is 0 Å². The summed E-state index contributed by atoms with van der Waals surface area (Å²) in [7, 11) is 1.83. The highest BCUT2D eigenvalue weighted by molar-refractivity contribution is 9.10. The van der Waals surface area contributed by atoms with Crippen LogP contribution in [0.5, 0.6) is 0 Å². The number of rotatable bonds is 5. The van der Waals surface area contributed by atoms with Gasteiger partial charge in [-0.3, -0.25) is 9.48 Å². The molecule has 0 atom stereocenters. The Morgan fingerprint density at radius 2 is 1.90 bits per heavy atom. The maximum Gasteiger partial charge on any atom is 0.254 e. The molecule has 4 aromatic rings. The SMILES string of the molecule is CCn1ncc(CN(C)C(=O)c2cc(-c3ccccc3)nc3ccc(Br)cc23)c1C. The van der Waals surface area contributed by atoms with Crippen LogP contribution >= 0.6 is 15.9 Å². The summed E-state index contributed by atoms with van der Waals surface area (Å²) in [6.07, 6.45) is 1.85. The summed E-state index contributed by atoms with van der Waals surface area (Å²) < 4.78 is 2.86. The minimum absolute atomic E-state index is 0.0404. The molecule has 0 bridgehead atoms. The predicted molar refractivity (Wildman–Crippen MR) is 123 cm³/mol. The van der Waals surface area contributed by atoms with Crippen molar-refractivity contribution in [1.82, 2.24) is 19.7 Å². The summed E-state index contributed by atoms with van der Waals surface area (Å²) >= 11 is 3.53. The molecule has 1 amide bonds. The van der Waals surface area contributed by atoms with Crippen molar-refractivity contribution in [3.8, 4) is 11.3 Å². The second-order valence-corrected chi connectivity index (χ2v) is 8.23. The lowest BCUT2D eigenvalue weighted by molar-refractivity contribution is 0.0787. The summed E-state index contributed by atoms with van der Waals surface area (Å²) in [5, 5.41) is 5.23. The van der Waals surface area contributed by atoms with Gasteiger partial charge < -0.3 is 4.90 Å². The van der Waals surface area contributed by atoms with Gasteiger partial charge in [-0.1, -0.05) is 46.3 Å². The standard InChI is InChI=1S/C24H23BrN4O/c1-4-29-16(2)18(14-26-29)15-28(3)24(30)21-13-23(17-8-6-5-7-9-17)27-22-11-10-19(25)12-20(21)22/h5-14H,4,15H2,1-3H3. The van der Waals surface area contributed by atoms with Crippen LogP contribution in [0.25, 0.3) is 22.2 Å². The smallest absolute Gasteiger partial charge is 0.254 e. The zero-order chi connectivity index (χ0) is 21.3. The fourth-order valence-electron chi connectivity index (χ4n) is 3.62. The van der Waals surface area contributed by atoms with Gasteiger partial charge in [-0.15, -0.1) is 0 Å². The first-order chi connectivity index (χ1) is 14.5. The minimum atomic E-state index is -0.0404. The average molecular weight is 463 g/mol. The van der Waals surface area contributed by atoms with E-state index in [0.29, 0.717) is 12.1 Å². The van der Waals surface area contributed by atoms with Gasteiger partial charge in [-0.05, 0) is 38.1 Å². The van der Waals surface area contributed by atoms with Crippen molar-refractivity contribution in [2.75, 3.05) is 7.05 Å². The largest absolute Gasteiger partial charge is 0.337 e. The zero-order valence-electron chi connectivity index (χ0n) is 17.3. The van der Waals surface area contributed by atoms with E-state index >= 15 is 0 Å². The third-order valence-corrected chi connectivity index (χ3v) is 5.82. The van der Waals surface area contributed by atoms with Crippen LogP contribution in [0, 0.1) is 6.92 Å². The fraction of sp³-hybridized carbons (Fsp3) is 0.208. The Bertz CT molecular complexity index is 1220. The van der Waals surface area contributed by atoms with E-state index in [2.05, 4.69) is 28.0 Å². The van der Waals surface area contributed by atoms with Crippen molar-refractivity contribution >= 4 is 32.7 Å². The number of amides is 1. The number of aromatic nitrogens is 3. The summed E-state index contributed by atoms with van der Waals surface area (Å²) in [6.45, 7) is 5.41. The molecule has 0 aliphatic carbocycles. The topological polar surface area (TPSA) is 51.0 Å². The molecule has 0 aliphatic rings. The van der Waals surface area contributed by atoms with E-state index in [1.807, 2.05) is 79.4 Å². The molecule has 0 spiro atoms. The Balaban J connectivity index is 1.76. The number of carbonyl (C=O) groups excluding carboxylic acids is 1. The Morgan fingerprint density at radius 1 is 1.13 bits per heavy atom. The maximum atomic E-state index is 13.5. The van der Waals surface area contributed by atoms with E-state index < -0.39 is 0 Å². The van der Waals surface area contributed by atoms with Crippen molar-refractivity contribution in [2.24, 2.45) is 0 Å². The van der Waals surface area contributed by atoms with Crippen LogP contribution in [0.1, 0.15) is 28.5 Å². The highest BCUT2D eigenvalue weighted by Gasteiger charge is 2.19. The molecule has 5 nitrogen and oxygen atoms in total. The summed E-state index contributed by atoms with van der Waals surface area (Å²) in [5.74, 6) is -0.0404. The highest BCUT2D eigenvalue weighted by Crippen LogP contribution is 2.28. The molecule has 152 valence electrons. The molecule has 0 fully saturated rings. The number of fused-ring (bicyclic) bond motifs is 1. The number of halogens is 1. The number of hydrogen-bond donors (Lipinski definition) is 0. The molecule has 0 saturated heterocycles. The molecule has 2 aromatic carbocycles. The van der Waals surface area contributed by atoms with E-state index in [-0.39, 0.29) is 5.91 Å². The molecular weight excluding hydrogens is 440 g/mol. The molecule has 0 radical (unpaired) electrons. The molecule has 0 aliphatic heterocycles. The molecule has 2 aromatic heterocycles. The number of aryl methyl sites for hydroxylation is 1. The Hall–Kier alpha value is -2.99. The molecule has 30 heavy (non-hydrogen) atoms. The molecule has 4 rings (SSSR count). The molecule has 0 N–H and O–H groups in total. The molecule has 0 unspecified atom stereocenters. The third kappa shape index (κ3) is 3.87. The van der Waals surface area contributed by atoms with Crippen LogP contribution < -0.4 is 0 Å². The maximum absolute atomic E-state index is 13.5. The number of pyridine rings is 1. The van der Waals surface area contributed by atoms with E-state index in [9.17, 15) is 4.79 Å². The summed E-state index contributed by atoms with van der Waals surface area (Å²) in [6, 6.07) is 17.7. The first kappa shape index (κ1) is 20.3. The molecular formula is C24H23BrN4O. The van der Waals surface area contributed by atoms with Crippen LogP contribution in [0.15, 0.2) is 65.3 Å². The van der Waals surface area contributed by atoms with E-state index in [0.717, 1.165) is 44.4 Å². The lowest BCUT2D eigenvalue weighted by Crippen LogP contribution is -2.26. The second-order valence-electron chi connectivity index (χ2n) is 7.31. The minimum Gasteiger partial charge on any atom is -0.337 e. The first-order valence-corrected chi connectivity index (χ1v) is 10.7. The van der Waals surface area contributed by atoms with Crippen LogP contribution in [-0.2, 0) is 13.1 Å². The molecule has 2 heterocycles. The van der Waals surface area contributed by atoms with Gasteiger partial charge in [-0.25, -0.2) is 4.98 Å². The summed E-state index contributed by atoms with van der Waals surface area (Å²) in [5.41, 5.74) is 5.35. The lowest BCUT2D eigenvalue weighted by atomic mass is 10.0. The number of nitrogens with zero attached hydrogens (tertiary/aromatic N) is 4. The molecule has 0 saturated carbocycles. The van der Waals surface area contributed by atoms with E-state index in [4.69, 9.17) is 4.98 Å². The summed E-state index contributed by atoms with van der Waals surface area (Å²) in [4.78, 5) is 20.0. The van der Waals surface area contributed by atoms with Crippen LogP contribution in [0.3, 0.4) is 0 Å². The van der Waals surface area contributed by atoms with Gasteiger partial charge in [0.1, 0.15) is 0 Å². The fourth-order valence-corrected chi connectivity index (χ4v) is 3.98. The van der Waals surface area contributed by atoms with E-state index in [1.165, 1.54) is 0 Å². The van der Waals surface area contributed by atoms with Crippen LogP contribution in [0.4, 0.5) is 0 Å².